The first kappa shape index (κ1) is 14.5. The normalized spacial score (nSPS) is 12.2. The second kappa shape index (κ2) is 6.50. The van der Waals surface area contributed by atoms with Gasteiger partial charge in [-0.1, -0.05) is 18.2 Å². The van der Waals surface area contributed by atoms with E-state index in [0.29, 0.717) is 17.9 Å². The van der Waals surface area contributed by atoms with Crippen molar-refractivity contribution in [3.05, 3.63) is 59.4 Å². The van der Waals surface area contributed by atoms with Crippen molar-refractivity contribution in [2.24, 2.45) is 0 Å². The van der Waals surface area contributed by atoms with Crippen LogP contribution >= 0.6 is 0 Å². The van der Waals surface area contributed by atoms with E-state index in [4.69, 9.17) is 9.84 Å². The van der Waals surface area contributed by atoms with Gasteiger partial charge in [-0.25, -0.2) is 4.39 Å². The molecule has 0 aliphatic rings. The lowest BCUT2D eigenvalue weighted by molar-refractivity contribution is 0.190. The smallest absolute Gasteiger partial charge is 0.136 e. The molecule has 0 fully saturated rings. The highest BCUT2D eigenvalue weighted by Gasteiger charge is 2.15. The van der Waals surface area contributed by atoms with E-state index in [1.165, 1.54) is 19.1 Å². The highest BCUT2D eigenvalue weighted by Crippen LogP contribution is 2.31. The van der Waals surface area contributed by atoms with Crippen LogP contribution in [0.1, 0.15) is 24.2 Å². The summed E-state index contributed by atoms with van der Waals surface area (Å²) in [5.74, 6) is 0.364. The van der Waals surface area contributed by atoms with Gasteiger partial charge in [0.1, 0.15) is 17.3 Å². The third-order valence-electron chi connectivity index (χ3n) is 2.98. The zero-order valence-corrected chi connectivity index (χ0v) is 11.2. The Morgan fingerprint density at radius 2 is 1.85 bits per heavy atom. The lowest BCUT2D eigenvalue weighted by Gasteiger charge is -2.14. The third kappa shape index (κ3) is 3.35. The van der Waals surface area contributed by atoms with Gasteiger partial charge in [0.05, 0.1) is 11.7 Å². The number of ether oxygens (including phenoxy) is 1. The van der Waals surface area contributed by atoms with Crippen LogP contribution in [0.4, 0.5) is 4.39 Å². The Hall–Kier alpha value is -1.91. The highest BCUT2D eigenvalue weighted by molar-refractivity contribution is 5.40. The van der Waals surface area contributed by atoms with Gasteiger partial charge in [0.25, 0.3) is 0 Å². The van der Waals surface area contributed by atoms with Crippen molar-refractivity contribution in [3.63, 3.8) is 0 Å². The van der Waals surface area contributed by atoms with Crippen LogP contribution in [-0.2, 0) is 6.42 Å². The minimum atomic E-state index is -0.945. The molecule has 1 unspecified atom stereocenters. The number of rotatable bonds is 5. The van der Waals surface area contributed by atoms with E-state index in [0.717, 1.165) is 5.56 Å². The minimum absolute atomic E-state index is 0.0935. The topological polar surface area (TPSA) is 49.7 Å². The average Bonchev–Trinajstić information content (AvgIpc) is 2.41. The molecule has 4 heteroatoms. The van der Waals surface area contributed by atoms with Crippen LogP contribution in [0.5, 0.6) is 11.5 Å². The largest absolute Gasteiger partial charge is 0.457 e. The number of hydrogen-bond donors (Lipinski definition) is 2. The second-order valence-electron chi connectivity index (χ2n) is 4.55. The maximum Gasteiger partial charge on any atom is 0.136 e. The van der Waals surface area contributed by atoms with Crippen molar-refractivity contribution in [1.82, 2.24) is 0 Å². The summed E-state index contributed by atoms with van der Waals surface area (Å²) in [6.45, 7) is 1.59. The van der Waals surface area contributed by atoms with E-state index in [1.807, 2.05) is 12.1 Å². The molecular formula is C16H17FO3. The number of aliphatic hydroxyl groups excluding tert-OH is 2. The van der Waals surface area contributed by atoms with Crippen molar-refractivity contribution in [1.29, 1.82) is 0 Å². The molecule has 3 nitrogen and oxygen atoms in total. The Morgan fingerprint density at radius 1 is 1.15 bits per heavy atom. The molecule has 0 saturated heterocycles. The predicted octanol–water partition coefficient (Wildman–Crippen LogP) is 3.21. The molecule has 0 saturated carbocycles. The lowest BCUT2D eigenvalue weighted by atomic mass is 10.1. The van der Waals surface area contributed by atoms with Crippen LogP contribution in [0.15, 0.2) is 42.5 Å². The van der Waals surface area contributed by atoms with Crippen molar-refractivity contribution >= 4 is 0 Å². The molecule has 0 aromatic heterocycles. The molecule has 2 aromatic carbocycles. The van der Waals surface area contributed by atoms with Crippen LogP contribution in [0.2, 0.25) is 0 Å². The lowest BCUT2D eigenvalue weighted by Crippen LogP contribution is -2.00. The molecule has 0 spiro atoms. The van der Waals surface area contributed by atoms with E-state index in [-0.39, 0.29) is 12.2 Å². The maximum absolute atomic E-state index is 13.7. The molecule has 2 N–H and O–H groups in total. The Balaban J connectivity index is 2.23. The molecule has 0 heterocycles. The molecule has 2 rings (SSSR count). The molecule has 106 valence electrons. The molecule has 20 heavy (non-hydrogen) atoms. The van der Waals surface area contributed by atoms with Gasteiger partial charge >= 0.3 is 0 Å². The third-order valence-corrected chi connectivity index (χ3v) is 2.98. The summed E-state index contributed by atoms with van der Waals surface area (Å²) in [5.41, 5.74) is 1.14. The minimum Gasteiger partial charge on any atom is -0.457 e. The summed E-state index contributed by atoms with van der Waals surface area (Å²) in [4.78, 5) is 0. The molecule has 1 atom stereocenters. The van der Waals surface area contributed by atoms with Crippen molar-refractivity contribution in [2.45, 2.75) is 19.4 Å². The van der Waals surface area contributed by atoms with Gasteiger partial charge in [0, 0.05) is 6.61 Å². The Labute approximate surface area is 117 Å². The number of benzene rings is 2. The van der Waals surface area contributed by atoms with E-state index in [2.05, 4.69) is 0 Å². The fraction of sp³-hybridized carbons (Fsp3) is 0.250. The maximum atomic E-state index is 13.7. The number of hydrogen-bond acceptors (Lipinski definition) is 3. The van der Waals surface area contributed by atoms with Gasteiger partial charge in [0.15, 0.2) is 0 Å². The van der Waals surface area contributed by atoms with E-state index >= 15 is 0 Å². The van der Waals surface area contributed by atoms with Crippen LogP contribution in [0.25, 0.3) is 0 Å². The molecular weight excluding hydrogens is 259 g/mol. The predicted molar refractivity (Wildman–Crippen MR) is 74.3 cm³/mol. The Bertz CT molecular complexity index is 564. The van der Waals surface area contributed by atoms with Crippen molar-refractivity contribution in [2.75, 3.05) is 6.61 Å². The standard InChI is InChI=1S/C16H17FO3/c1-11(19)16-14(17)3-2-4-15(16)20-13-7-5-12(6-8-13)9-10-18/h2-8,11,18-19H,9-10H2,1H3. The number of halogens is 1. The summed E-state index contributed by atoms with van der Waals surface area (Å²) >= 11 is 0. The van der Waals surface area contributed by atoms with Gasteiger partial charge in [-0.05, 0) is 43.2 Å². The van der Waals surface area contributed by atoms with Crippen molar-refractivity contribution < 1.29 is 19.3 Å². The fourth-order valence-electron chi connectivity index (χ4n) is 1.99. The summed E-state index contributed by atoms with van der Waals surface area (Å²) in [6.07, 6.45) is -0.362. The molecule has 0 aliphatic heterocycles. The summed E-state index contributed by atoms with van der Waals surface area (Å²) < 4.78 is 19.3. The van der Waals surface area contributed by atoms with Crippen molar-refractivity contribution in [3.8, 4) is 11.5 Å². The fourth-order valence-corrected chi connectivity index (χ4v) is 1.99. The highest BCUT2D eigenvalue weighted by atomic mass is 19.1. The van der Waals surface area contributed by atoms with Crippen LogP contribution in [0.3, 0.4) is 0 Å². The Morgan fingerprint density at radius 3 is 2.45 bits per heavy atom. The summed E-state index contributed by atoms with van der Waals surface area (Å²) in [6, 6.07) is 11.6. The Kier molecular flexibility index (Phi) is 4.71. The molecule has 0 bridgehead atoms. The first-order valence-corrected chi connectivity index (χ1v) is 6.46. The SMILES string of the molecule is CC(O)c1c(F)cccc1Oc1ccc(CCO)cc1. The molecule has 2 aromatic rings. The van der Waals surface area contributed by atoms with Crippen LogP contribution < -0.4 is 4.74 Å². The second-order valence-corrected chi connectivity index (χ2v) is 4.55. The molecule has 0 radical (unpaired) electrons. The number of aliphatic hydroxyl groups is 2. The quantitative estimate of drug-likeness (QED) is 0.881. The first-order chi connectivity index (χ1) is 9.61. The van der Waals surface area contributed by atoms with Crippen LogP contribution in [0, 0.1) is 5.82 Å². The van der Waals surface area contributed by atoms with E-state index < -0.39 is 11.9 Å². The summed E-state index contributed by atoms with van der Waals surface area (Å²) in [7, 11) is 0. The van der Waals surface area contributed by atoms with Gasteiger partial charge < -0.3 is 14.9 Å². The zero-order chi connectivity index (χ0) is 14.5. The van der Waals surface area contributed by atoms with Crippen LogP contribution in [-0.4, -0.2) is 16.8 Å². The van der Waals surface area contributed by atoms with E-state index in [1.54, 1.807) is 18.2 Å². The average molecular weight is 276 g/mol. The van der Waals surface area contributed by atoms with E-state index in [9.17, 15) is 9.50 Å². The zero-order valence-electron chi connectivity index (χ0n) is 11.2. The summed E-state index contributed by atoms with van der Waals surface area (Å²) in [5, 5.41) is 18.5. The van der Waals surface area contributed by atoms with Gasteiger partial charge in [-0.2, -0.15) is 0 Å². The molecule has 0 amide bonds. The molecule has 0 aliphatic carbocycles. The van der Waals surface area contributed by atoms with Gasteiger partial charge in [-0.15, -0.1) is 0 Å². The first-order valence-electron chi connectivity index (χ1n) is 6.46. The van der Waals surface area contributed by atoms with Gasteiger partial charge in [-0.3, -0.25) is 0 Å². The van der Waals surface area contributed by atoms with Gasteiger partial charge in [0.2, 0.25) is 0 Å². The monoisotopic (exact) mass is 276 g/mol.